The highest BCUT2D eigenvalue weighted by Crippen LogP contribution is 2.34. The second kappa shape index (κ2) is 7.77. The molecule has 2 aromatic rings. The zero-order valence-electron chi connectivity index (χ0n) is 13.8. The standard InChI is InChI=1S/C16H18BrN3O4S/c1-8(11-3-4-12(17)25-11)18-15-14(16-23-5-6-24-16)10(7-13(21)22)19-9(2)20-15/h3-4,8,16H,5-7H2,1-2H3,(H,21,22)(H,18,19,20)/t8-/m1/s1. The maximum atomic E-state index is 11.2. The number of aliphatic carboxylic acids is 1. The van der Waals surface area contributed by atoms with Gasteiger partial charge in [-0.15, -0.1) is 11.3 Å². The summed E-state index contributed by atoms with van der Waals surface area (Å²) in [5.74, 6) is 0.0891. The van der Waals surface area contributed by atoms with Crippen molar-refractivity contribution in [3.63, 3.8) is 0 Å². The Morgan fingerprint density at radius 1 is 1.44 bits per heavy atom. The number of thiophene rings is 1. The third-order valence-electron chi connectivity index (χ3n) is 3.69. The van der Waals surface area contributed by atoms with Crippen molar-refractivity contribution in [1.29, 1.82) is 0 Å². The van der Waals surface area contributed by atoms with Crippen molar-refractivity contribution in [2.75, 3.05) is 18.5 Å². The number of nitrogens with zero attached hydrogens (tertiary/aromatic N) is 2. The van der Waals surface area contributed by atoms with Crippen LogP contribution >= 0.6 is 27.3 Å². The van der Waals surface area contributed by atoms with Crippen molar-refractivity contribution in [3.8, 4) is 0 Å². The fourth-order valence-electron chi connectivity index (χ4n) is 2.64. The SMILES string of the molecule is Cc1nc(CC(=O)O)c(C2OCCO2)c(N[C@H](C)c2ccc(Br)s2)n1. The molecule has 0 radical (unpaired) electrons. The van der Waals surface area contributed by atoms with Gasteiger partial charge < -0.3 is 19.9 Å². The van der Waals surface area contributed by atoms with E-state index in [9.17, 15) is 9.90 Å². The highest BCUT2D eigenvalue weighted by molar-refractivity contribution is 9.11. The first-order chi connectivity index (χ1) is 11.9. The fraction of sp³-hybridized carbons (Fsp3) is 0.438. The molecule has 3 heterocycles. The van der Waals surface area contributed by atoms with Crippen molar-refractivity contribution in [2.45, 2.75) is 32.6 Å². The molecule has 2 aromatic heterocycles. The Morgan fingerprint density at radius 2 is 2.16 bits per heavy atom. The maximum absolute atomic E-state index is 11.2. The van der Waals surface area contributed by atoms with E-state index in [1.54, 1.807) is 18.3 Å². The van der Waals surface area contributed by atoms with Gasteiger partial charge >= 0.3 is 5.97 Å². The van der Waals surface area contributed by atoms with E-state index in [1.807, 2.05) is 19.1 Å². The Balaban J connectivity index is 1.98. The minimum Gasteiger partial charge on any atom is -0.481 e. The lowest BCUT2D eigenvalue weighted by atomic mass is 10.1. The molecule has 2 N–H and O–H groups in total. The minimum atomic E-state index is -0.960. The Labute approximate surface area is 157 Å². The molecule has 1 fully saturated rings. The monoisotopic (exact) mass is 427 g/mol. The van der Waals surface area contributed by atoms with Crippen LogP contribution in [0.1, 0.15) is 41.2 Å². The average Bonchev–Trinajstić information content (AvgIpc) is 3.17. The van der Waals surface area contributed by atoms with Crippen LogP contribution in [0.4, 0.5) is 5.82 Å². The average molecular weight is 428 g/mol. The topological polar surface area (TPSA) is 93.6 Å². The third kappa shape index (κ3) is 4.35. The van der Waals surface area contributed by atoms with E-state index >= 15 is 0 Å². The number of rotatable bonds is 6. The molecule has 1 saturated heterocycles. The smallest absolute Gasteiger partial charge is 0.309 e. The van der Waals surface area contributed by atoms with E-state index in [-0.39, 0.29) is 12.5 Å². The molecule has 134 valence electrons. The number of nitrogens with one attached hydrogen (secondary N) is 1. The Morgan fingerprint density at radius 3 is 2.76 bits per heavy atom. The number of halogens is 1. The first-order valence-electron chi connectivity index (χ1n) is 7.78. The summed E-state index contributed by atoms with van der Waals surface area (Å²) in [5, 5.41) is 12.6. The predicted octanol–water partition coefficient (Wildman–Crippen LogP) is 3.45. The lowest BCUT2D eigenvalue weighted by Gasteiger charge is -2.21. The van der Waals surface area contributed by atoms with Gasteiger partial charge in [0.1, 0.15) is 11.6 Å². The van der Waals surface area contributed by atoms with Crippen LogP contribution in [0.25, 0.3) is 0 Å². The Bertz CT molecular complexity index is 777. The van der Waals surface area contributed by atoms with Crippen LogP contribution in [0, 0.1) is 6.92 Å². The number of hydrogen-bond acceptors (Lipinski definition) is 7. The van der Waals surface area contributed by atoms with Crippen molar-refractivity contribution < 1.29 is 19.4 Å². The van der Waals surface area contributed by atoms with Gasteiger partial charge in [-0.1, -0.05) is 0 Å². The molecule has 3 rings (SSSR count). The van der Waals surface area contributed by atoms with E-state index in [2.05, 4.69) is 31.2 Å². The van der Waals surface area contributed by atoms with Crippen LogP contribution in [0.3, 0.4) is 0 Å². The molecule has 0 unspecified atom stereocenters. The minimum absolute atomic E-state index is 0.0107. The van der Waals surface area contributed by atoms with Gasteiger partial charge in [-0.3, -0.25) is 4.79 Å². The van der Waals surface area contributed by atoms with Gasteiger partial charge in [0.05, 0.1) is 40.7 Å². The molecule has 0 aromatic carbocycles. The lowest BCUT2D eigenvalue weighted by Crippen LogP contribution is -2.17. The molecule has 0 amide bonds. The molecule has 0 spiro atoms. The maximum Gasteiger partial charge on any atom is 0.309 e. The van der Waals surface area contributed by atoms with Gasteiger partial charge in [-0.05, 0) is 41.9 Å². The second-order valence-corrected chi connectivity index (χ2v) is 8.13. The number of aryl methyl sites for hydroxylation is 1. The van der Waals surface area contributed by atoms with Gasteiger partial charge in [0.15, 0.2) is 6.29 Å². The van der Waals surface area contributed by atoms with Gasteiger partial charge in [0.25, 0.3) is 0 Å². The summed E-state index contributed by atoms with van der Waals surface area (Å²) in [6.45, 7) is 4.67. The summed E-state index contributed by atoms with van der Waals surface area (Å²) < 4.78 is 12.2. The van der Waals surface area contributed by atoms with Crippen LogP contribution in [0.15, 0.2) is 15.9 Å². The summed E-state index contributed by atoms with van der Waals surface area (Å²) in [6.07, 6.45) is -0.866. The van der Waals surface area contributed by atoms with Crippen molar-refractivity contribution in [1.82, 2.24) is 9.97 Å². The number of carboxylic acids is 1. The van der Waals surface area contributed by atoms with Gasteiger partial charge in [0.2, 0.25) is 0 Å². The lowest BCUT2D eigenvalue weighted by molar-refractivity contribution is -0.136. The Kier molecular flexibility index (Phi) is 5.67. The van der Waals surface area contributed by atoms with Crippen LogP contribution in [0.5, 0.6) is 0 Å². The van der Waals surface area contributed by atoms with Crippen LogP contribution in [-0.4, -0.2) is 34.3 Å². The molecule has 0 bridgehead atoms. The molecule has 0 aliphatic carbocycles. The van der Waals surface area contributed by atoms with E-state index in [4.69, 9.17) is 9.47 Å². The largest absolute Gasteiger partial charge is 0.481 e. The zero-order chi connectivity index (χ0) is 18.0. The van der Waals surface area contributed by atoms with E-state index < -0.39 is 12.3 Å². The third-order valence-corrected chi connectivity index (χ3v) is 5.49. The summed E-state index contributed by atoms with van der Waals surface area (Å²) in [4.78, 5) is 21.1. The summed E-state index contributed by atoms with van der Waals surface area (Å²) in [7, 11) is 0. The number of hydrogen-bond donors (Lipinski definition) is 2. The van der Waals surface area contributed by atoms with Gasteiger partial charge in [-0.2, -0.15) is 0 Å². The van der Waals surface area contributed by atoms with E-state index in [1.165, 1.54) is 0 Å². The van der Waals surface area contributed by atoms with Crippen molar-refractivity contribution in [2.24, 2.45) is 0 Å². The van der Waals surface area contributed by atoms with Crippen LogP contribution < -0.4 is 5.32 Å². The zero-order valence-corrected chi connectivity index (χ0v) is 16.2. The molecule has 1 atom stereocenters. The number of aromatic nitrogens is 2. The first kappa shape index (κ1) is 18.2. The molecule has 1 aliphatic heterocycles. The van der Waals surface area contributed by atoms with Gasteiger partial charge in [0, 0.05) is 4.88 Å². The number of anilines is 1. The number of carbonyl (C=O) groups is 1. The summed E-state index contributed by atoms with van der Waals surface area (Å²) in [6, 6.07) is 4.01. The van der Waals surface area contributed by atoms with E-state index in [0.717, 1.165) is 8.66 Å². The Hall–Kier alpha value is -1.55. The first-order valence-corrected chi connectivity index (χ1v) is 9.39. The number of carboxylic acid groups (broad SMARTS) is 1. The fourth-order valence-corrected chi connectivity index (χ4v) is 4.06. The van der Waals surface area contributed by atoms with Gasteiger partial charge in [-0.25, -0.2) is 9.97 Å². The molecule has 7 nitrogen and oxygen atoms in total. The normalized spacial score (nSPS) is 16.1. The van der Waals surface area contributed by atoms with Crippen molar-refractivity contribution in [3.05, 3.63) is 37.9 Å². The molecule has 25 heavy (non-hydrogen) atoms. The summed E-state index contributed by atoms with van der Waals surface area (Å²) in [5.41, 5.74) is 0.974. The van der Waals surface area contributed by atoms with Crippen LogP contribution in [-0.2, 0) is 20.7 Å². The number of ether oxygens (including phenoxy) is 2. The highest BCUT2D eigenvalue weighted by atomic mass is 79.9. The molecule has 1 aliphatic rings. The molecular weight excluding hydrogens is 410 g/mol. The van der Waals surface area contributed by atoms with Crippen molar-refractivity contribution >= 4 is 39.1 Å². The van der Waals surface area contributed by atoms with E-state index in [0.29, 0.717) is 36.1 Å². The molecule has 0 saturated carbocycles. The highest BCUT2D eigenvalue weighted by Gasteiger charge is 2.28. The molecule has 9 heteroatoms. The quantitative estimate of drug-likeness (QED) is 0.728. The van der Waals surface area contributed by atoms with Crippen LogP contribution in [0.2, 0.25) is 0 Å². The predicted molar refractivity (Wildman–Crippen MR) is 96.8 cm³/mol. The second-order valence-electron chi connectivity index (χ2n) is 5.63. The summed E-state index contributed by atoms with van der Waals surface area (Å²) >= 11 is 5.09. The molecular formula is C16H18BrN3O4S.